The lowest BCUT2D eigenvalue weighted by molar-refractivity contribution is 0.484. The molecule has 0 N–H and O–H groups in total. The van der Waals surface area contributed by atoms with E-state index in [9.17, 15) is 0 Å². The molecular formula is C13H28S. The highest BCUT2D eigenvalue weighted by atomic mass is 32.2. The van der Waals surface area contributed by atoms with Crippen molar-refractivity contribution in [3.8, 4) is 0 Å². The maximum absolute atomic E-state index is 2.34. The molecule has 0 aliphatic heterocycles. The molecule has 1 unspecified atom stereocenters. The molecule has 0 spiro atoms. The number of hydrogen-bond acceptors (Lipinski definition) is 1. The standard InChI is InChI=1S/C13H28S/c1-4-7-8-9-10-13(6-3)12-14-11-5-2/h13H,4-12H2,1-3H3. The molecule has 0 saturated carbocycles. The lowest BCUT2D eigenvalue weighted by Crippen LogP contribution is -2.02. The molecule has 86 valence electrons. The molecule has 0 rings (SSSR count). The summed E-state index contributed by atoms with van der Waals surface area (Å²) in [7, 11) is 0. The van der Waals surface area contributed by atoms with Gasteiger partial charge < -0.3 is 0 Å². The summed E-state index contributed by atoms with van der Waals surface area (Å²) >= 11 is 2.15. The van der Waals surface area contributed by atoms with E-state index in [2.05, 4.69) is 32.5 Å². The van der Waals surface area contributed by atoms with Gasteiger partial charge in [0.15, 0.2) is 0 Å². The summed E-state index contributed by atoms with van der Waals surface area (Å²) in [5, 5.41) is 0. The van der Waals surface area contributed by atoms with Crippen molar-refractivity contribution < 1.29 is 0 Å². The number of rotatable bonds is 10. The summed E-state index contributed by atoms with van der Waals surface area (Å²) in [4.78, 5) is 0. The molecule has 0 bridgehead atoms. The Morgan fingerprint density at radius 1 is 0.929 bits per heavy atom. The Morgan fingerprint density at radius 2 is 1.71 bits per heavy atom. The SMILES string of the molecule is CCCCCCC(CC)CSCCC. The van der Waals surface area contributed by atoms with E-state index in [1.54, 1.807) is 0 Å². The molecule has 0 saturated heterocycles. The molecule has 0 aromatic carbocycles. The smallest absolute Gasteiger partial charge is 0.00392 e. The van der Waals surface area contributed by atoms with Crippen LogP contribution < -0.4 is 0 Å². The summed E-state index contributed by atoms with van der Waals surface area (Å²) in [5.74, 6) is 3.74. The van der Waals surface area contributed by atoms with Crippen molar-refractivity contribution >= 4 is 11.8 Å². The zero-order chi connectivity index (χ0) is 10.6. The summed E-state index contributed by atoms with van der Waals surface area (Å²) in [6.45, 7) is 6.90. The molecule has 0 aromatic heterocycles. The van der Waals surface area contributed by atoms with Crippen molar-refractivity contribution in [1.29, 1.82) is 0 Å². The Balaban J connectivity index is 3.28. The van der Waals surface area contributed by atoms with Crippen LogP contribution in [0.4, 0.5) is 0 Å². The molecule has 0 amide bonds. The fourth-order valence-electron chi connectivity index (χ4n) is 1.66. The highest BCUT2D eigenvalue weighted by Crippen LogP contribution is 2.19. The Kier molecular flexibility index (Phi) is 11.7. The fourth-order valence-corrected chi connectivity index (χ4v) is 2.85. The minimum Gasteiger partial charge on any atom is -0.162 e. The first-order chi connectivity index (χ1) is 6.85. The van der Waals surface area contributed by atoms with Gasteiger partial charge in [-0.25, -0.2) is 0 Å². The van der Waals surface area contributed by atoms with Gasteiger partial charge in [0.2, 0.25) is 0 Å². The predicted molar refractivity (Wildman–Crippen MR) is 70.2 cm³/mol. The van der Waals surface area contributed by atoms with Gasteiger partial charge in [-0.15, -0.1) is 0 Å². The molecule has 1 atom stereocenters. The second-order valence-electron chi connectivity index (χ2n) is 4.20. The number of unbranched alkanes of at least 4 members (excludes halogenated alkanes) is 3. The quantitative estimate of drug-likeness (QED) is 0.456. The molecule has 0 fully saturated rings. The highest BCUT2D eigenvalue weighted by Gasteiger charge is 2.05. The van der Waals surface area contributed by atoms with Crippen molar-refractivity contribution in [2.75, 3.05) is 11.5 Å². The Hall–Kier alpha value is 0.350. The maximum atomic E-state index is 2.34. The van der Waals surface area contributed by atoms with Crippen LogP contribution in [0.2, 0.25) is 0 Å². The van der Waals surface area contributed by atoms with E-state index < -0.39 is 0 Å². The molecule has 0 radical (unpaired) electrons. The summed E-state index contributed by atoms with van der Waals surface area (Å²) < 4.78 is 0. The van der Waals surface area contributed by atoms with Crippen LogP contribution in [0.25, 0.3) is 0 Å². The van der Waals surface area contributed by atoms with E-state index in [0.717, 1.165) is 5.92 Å². The minimum absolute atomic E-state index is 0.989. The largest absolute Gasteiger partial charge is 0.162 e. The van der Waals surface area contributed by atoms with Crippen LogP contribution in [0, 0.1) is 5.92 Å². The maximum Gasteiger partial charge on any atom is -0.00392 e. The van der Waals surface area contributed by atoms with Crippen molar-refractivity contribution in [3.63, 3.8) is 0 Å². The molecule has 0 nitrogen and oxygen atoms in total. The van der Waals surface area contributed by atoms with Crippen LogP contribution in [0.5, 0.6) is 0 Å². The summed E-state index contributed by atoms with van der Waals surface area (Å²) in [6, 6.07) is 0. The molecule has 0 aliphatic carbocycles. The van der Waals surface area contributed by atoms with Crippen LogP contribution >= 0.6 is 11.8 Å². The van der Waals surface area contributed by atoms with Crippen LogP contribution in [-0.4, -0.2) is 11.5 Å². The molecule has 0 aromatic rings. The zero-order valence-corrected chi connectivity index (χ0v) is 11.2. The third-order valence-electron chi connectivity index (χ3n) is 2.75. The first-order valence-corrected chi connectivity index (χ1v) is 7.58. The number of hydrogen-bond donors (Lipinski definition) is 0. The minimum atomic E-state index is 0.989. The van der Waals surface area contributed by atoms with E-state index in [1.165, 1.54) is 56.5 Å². The van der Waals surface area contributed by atoms with Gasteiger partial charge in [0.25, 0.3) is 0 Å². The lowest BCUT2D eigenvalue weighted by atomic mass is 10.0. The zero-order valence-electron chi connectivity index (χ0n) is 10.3. The van der Waals surface area contributed by atoms with E-state index >= 15 is 0 Å². The topological polar surface area (TPSA) is 0 Å². The molecule has 0 heterocycles. The van der Waals surface area contributed by atoms with E-state index in [-0.39, 0.29) is 0 Å². The normalized spacial score (nSPS) is 13.1. The van der Waals surface area contributed by atoms with Crippen molar-refractivity contribution in [2.45, 2.75) is 65.7 Å². The van der Waals surface area contributed by atoms with Crippen LogP contribution in [-0.2, 0) is 0 Å². The van der Waals surface area contributed by atoms with Crippen LogP contribution in [0.1, 0.15) is 65.7 Å². The molecule has 1 heteroatoms. The lowest BCUT2D eigenvalue weighted by Gasteiger charge is -2.13. The van der Waals surface area contributed by atoms with Gasteiger partial charge in [-0.2, -0.15) is 11.8 Å². The van der Waals surface area contributed by atoms with Gasteiger partial charge in [-0.3, -0.25) is 0 Å². The molecular weight excluding hydrogens is 188 g/mol. The highest BCUT2D eigenvalue weighted by molar-refractivity contribution is 7.99. The molecule has 14 heavy (non-hydrogen) atoms. The van der Waals surface area contributed by atoms with Gasteiger partial charge in [0.05, 0.1) is 0 Å². The molecule has 0 aliphatic rings. The van der Waals surface area contributed by atoms with Gasteiger partial charge in [-0.05, 0) is 30.3 Å². The van der Waals surface area contributed by atoms with Crippen molar-refractivity contribution in [2.24, 2.45) is 5.92 Å². The van der Waals surface area contributed by atoms with Crippen molar-refractivity contribution in [3.05, 3.63) is 0 Å². The summed E-state index contributed by atoms with van der Waals surface area (Å²) in [5.41, 5.74) is 0. The first-order valence-electron chi connectivity index (χ1n) is 6.42. The number of thioether (sulfide) groups is 1. The van der Waals surface area contributed by atoms with Crippen LogP contribution in [0.3, 0.4) is 0 Å². The third-order valence-corrected chi connectivity index (χ3v) is 4.15. The second-order valence-corrected chi connectivity index (χ2v) is 5.35. The van der Waals surface area contributed by atoms with E-state index in [0.29, 0.717) is 0 Å². The van der Waals surface area contributed by atoms with Gasteiger partial charge in [0, 0.05) is 0 Å². The average Bonchev–Trinajstić information content (AvgIpc) is 2.22. The fraction of sp³-hybridized carbons (Fsp3) is 1.00. The monoisotopic (exact) mass is 216 g/mol. The third kappa shape index (κ3) is 8.93. The van der Waals surface area contributed by atoms with E-state index in [4.69, 9.17) is 0 Å². The van der Waals surface area contributed by atoms with Gasteiger partial charge in [-0.1, -0.05) is 52.9 Å². The first kappa shape index (κ1) is 14.3. The van der Waals surface area contributed by atoms with Crippen LogP contribution in [0.15, 0.2) is 0 Å². The predicted octanol–water partition coefficient (Wildman–Crippen LogP) is 5.13. The van der Waals surface area contributed by atoms with Gasteiger partial charge in [0.1, 0.15) is 0 Å². The van der Waals surface area contributed by atoms with E-state index in [1.807, 2.05) is 0 Å². The Bertz CT molecular complexity index is 101. The average molecular weight is 216 g/mol. The van der Waals surface area contributed by atoms with Crippen molar-refractivity contribution in [1.82, 2.24) is 0 Å². The Morgan fingerprint density at radius 3 is 2.29 bits per heavy atom. The Labute approximate surface area is 95.2 Å². The second kappa shape index (κ2) is 11.4. The van der Waals surface area contributed by atoms with Gasteiger partial charge >= 0.3 is 0 Å². The summed E-state index contributed by atoms with van der Waals surface area (Å²) in [6.07, 6.45) is 9.87.